The predicted molar refractivity (Wildman–Crippen MR) is 177 cm³/mol. The summed E-state index contributed by atoms with van der Waals surface area (Å²) >= 11 is 0. The van der Waals surface area contributed by atoms with E-state index in [0.717, 1.165) is 23.6 Å². The summed E-state index contributed by atoms with van der Waals surface area (Å²) in [4.78, 5) is 18.4. The summed E-state index contributed by atoms with van der Waals surface area (Å²) in [6, 6.07) is 35.2. The quantitative estimate of drug-likeness (QED) is 0.137. The number of phenols is 2. The van der Waals surface area contributed by atoms with E-state index in [4.69, 9.17) is 19.6 Å². The van der Waals surface area contributed by atoms with Crippen LogP contribution >= 0.6 is 0 Å². The van der Waals surface area contributed by atoms with Gasteiger partial charge < -0.3 is 20.1 Å². The van der Waals surface area contributed by atoms with Gasteiger partial charge in [-0.1, -0.05) is 78.9 Å². The average molecular weight is 648 g/mol. The molecule has 5 aromatic carbocycles. The topological polar surface area (TPSA) is 112 Å². The van der Waals surface area contributed by atoms with Gasteiger partial charge in [0.2, 0.25) is 0 Å². The molecule has 5 rings (SSSR count). The Labute approximate surface area is 273 Å². The Bertz CT molecular complexity index is 1750. The van der Waals surface area contributed by atoms with Crippen molar-refractivity contribution in [3.63, 3.8) is 0 Å². The average Bonchev–Trinajstić information content (AvgIpc) is 3.00. The molecule has 0 saturated heterocycles. The predicted octanol–water partition coefficient (Wildman–Crippen LogP) is 7.38. The van der Waals surface area contributed by atoms with Crippen LogP contribution in [0.15, 0.2) is 119 Å². The molecule has 233 valence electrons. The molecule has 0 aromatic heterocycles. The molecule has 3 N–H and O–H groups in total. The summed E-state index contributed by atoms with van der Waals surface area (Å²) < 4.78 is 5.84. The third-order valence-electron chi connectivity index (χ3n) is 6.69. The largest absolute Gasteiger partial charge is 0.507 e. The van der Waals surface area contributed by atoms with Crippen molar-refractivity contribution in [1.29, 1.82) is 0 Å². The fourth-order valence-corrected chi connectivity index (χ4v) is 4.49. The number of fused-ring (bicyclic) bond motifs is 1. The minimum absolute atomic E-state index is 0. The number of aryl methyl sites for hydroxylation is 1. The van der Waals surface area contributed by atoms with E-state index in [1.165, 1.54) is 10.8 Å². The molecule has 0 fully saturated rings. The Morgan fingerprint density at radius 3 is 2.13 bits per heavy atom. The molecule has 0 aliphatic rings. The molecule has 0 spiro atoms. The zero-order valence-corrected chi connectivity index (χ0v) is 26.2. The van der Waals surface area contributed by atoms with E-state index in [0.29, 0.717) is 36.4 Å². The number of aromatic hydroxyl groups is 2. The van der Waals surface area contributed by atoms with Crippen LogP contribution in [0.2, 0.25) is 0 Å². The summed E-state index contributed by atoms with van der Waals surface area (Å²) in [5.41, 5.74) is 4.48. The Kier molecular flexibility index (Phi) is 13.4. The van der Waals surface area contributed by atoms with Crippen LogP contribution in [-0.4, -0.2) is 46.3 Å². The van der Waals surface area contributed by atoms with Gasteiger partial charge in [-0.25, -0.2) is 0 Å². The van der Waals surface area contributed by atoms with Crippen LogP contribution in [0, 0.1) is 6.92 Å². The molecular formula is C37H36CoN2O5. The zero-order valence-electron chi connectivity index (χ0n) is 25.1. The summed E-state index contributed by atoms with van der Waals surface area (Å²) in [5, 5.41) is 30.7. The molecule has 45 heavy (non-hydrogen) atoms. The number of rotatable bonds is 10. The molecule has 1 unspecified atom stereocenters. The van der Waals surface area contributed by atoms with Crippen LogP contribution in [0.1, 0.15) is 34.7 Å². The van der Waals surface area contributed by atoms with Gasteiger partial charge >= 0.3 is 0 Å². The second-order valence-electron chi connectivity index (χ2n) is 10.4. The van der Waals surface area contributed by atoms with Gasteiger partial charge in [0, 0.05) is 53.3 Å². The molecule has 0 amide bonds. The van der Waals surface area contributed by atoms with Crippen molar-refractivity contribution in [2.24, 2.45) is 9.98 Å². The smallest absolute Gasteiger partial charge is 0.300 e. The number of carbonyl (C=O) groups is 1. The van der Waals surface area contributed by atoms with Gasteiger partial charge in [-0.3, -0.25) is 14.8 Å². The first-order chi connectivity index (χ1) is 21.3. The second-order valence-corrected chi connectivity index (χ2v) is 10.4. The zero-order chi connectivity index (χ0) is 31.3. The number of hydrogen-bond acceptors (Lipinski definition) is 6. The number of aliphatic imine (C=N–C) groups is 2. The maximum absolute atomic E-state index is 10.7. The molecule has 1 atom stereocenters. The maximum Gasteiger partial charge on any atom is 0.300 e. The van der Waals surface area contributed by atoms with Gasteiger partial charge in [0.25, 0.3) is 5.97 Å². The van der Waals surface area contributed by atoms with Crippen molar-refractivity contribution in [2.45, 2.75) is 32.9 Å². The molecule has 0 bridgehead atoms. The van der Waals surface area contributed by atoms with Gasteiger partial charge in [0.15, 0.2) is 0 Å². The molecular weight excluding hydrogens is 611 g/mol. The van der Waals surface area contributed by atoms with Crippen LogP contribution < -0.4 is 4.74 Å². The number of benzene rings is 5. The Morgan fingerprint density at radius 1 is 0.778 bits per heavy atom. The molecule has 0 aliphatic carbocycles. The molecule has 1 radical (unpaired) electrons. The van der Waals surface area contributed by atoms with E-state index in [9.17, 15) is 10.2 Å². The van der Waals surface area contributed by atoms with Crippen LogP contribution in [0.5, 0.6) is 17.2 Å². The van der Waals surface area contributed by atoms with Crippen molar-refractivity contribution in [1.82, 2.24) is 0 Å². The van der Waals surface area contributed by atoms with Gasteiger partial charge in [0.1, 0.15) is 23.9 Å². The van der Waals surface area contributed by atoms with Gasteiger partial charge in [-0.05, 0) is 65.1 Å². The molecule has 7 nitrogen and oxygen atoms in total. The molecule has 5 aromatic rings. The molecule has 0 saturated carbocycles. The van der Waals surface area contributed by atoms with Gasteiger partial charge in [0.05, 0.1) is 12.6 Å². The Balaban J connectivity index is 0.00000104. The number of ether oxygens (including phenoxy) is 1. The van der Waals surface area contributed by atoms with E-state index in [1.807, 2.05) is 67.6 Å². The first-order valence-corrected chi connectivity index (χ1v) is 14.3. The monoisotopic (exact) mass is 647 g/mol. The molecule has 8 heteroatoms. The maximum atomic E-state index is 10.7. The van der Waals surface area contributed by atoms with Crippen molar-refractivity contribution in [2.75, 3.05) is 6.54 Å². The third-order valence-corrected chi connectivity index (χ3v) is 6.69. The minimum atomic E-state index is -0.833. The van der Waals surface area contributed by atoms with E-state index < -0.39 is 5.97 Å². The fraction of sp³-hybridized carbons (Fsp3) is 0.162. The number of nitrogens with zero attached hydrogens (tertiary/aromatic N) is 2. The third kappa shape index (κ3) is 11.3. The summed E-state index contributed by atoms with van der Waals surface area (Å²) in [6.45, 7) is 3.87. The van der Waals surface area contributed by atoms with Crippen LogP contribution in [0.3, 0.4) is 0 Å². The summed E-state index contributed by atoms with van der Waals surface area (Å²) in [7, 11) is 0. The van der Waals surface area contributed by atoms with Crippen molar-refractivity contribution >= 4 is 29.2 Å². The van der Waals surface area contributed by atoms with Crippen molar-refractivity contribution < 1.29 is 41.6 Å². The van der Waals surface area contributed by atoms with E-state index in [-0.39, 0.29) is 34.3 Å². The SMILES string of the molecule is CC(=O)O.Cc1ccc(C=NCC(Cc2ccc3ccccc3c2)N=Cc2ccc(OCc3ccccc3)cc2O)c(O)c1.[Co]. The number of phenolic OH excluding ortho intramolecular Hbond substituents is 2. The number of aliphatic carboxylic acids is 1. The van der Waals surface area contributed by atoms with Gasteiger partial charge in [-0.15, -0.1) is 0 Å². The first-order valence-electron chi connectivity index (χ1n) is 14.3. The Hall–Kier alpha value is -4.92. The standard InChI is InChI=1S/C35H32N2O3.C2H4O2.Co/c1-25-11-13-30(34(38)17-25)21-36-23-32(19-27-12-14-28-9-5-6-10-29(28)18-27)37-22-31-15-16-33(20-35(31)39)40-24-26-7-3-2-4-8-26;1-2(3)4;/h2-18,20-22,32,38-39H,19,23-24H2,1H3;1H3,(H,3,4);. The van der Waals surface area contributed by atoms with Gasteiger partial charge in [-0.2, -0.15) is 0 Å². The number of carboxylic acid groups (broad SMARTS) is 1. The molecule has 0 aliphatic heterocycles. The first kappa shape index (κ1) is 34.6. The van der Waals surface area contributed by atoms with E-state index >= 15 is 0 Å². The summed E-state index contributed by atoms with van der Waals surface area (Å²) in [5.74, 6) is 0.0680. The minimum Gasteiger partial charge on any atom is -0.507 e. The van der Waals surface area contributed by atoms with Crippen LogP contribution in [-0.2, 0) is 34.6 Å². The van der Waals surface area contributed by atoms with E-state index in [2.05, 4.69) is 35.3 Å². The van der Waals surface area contributed by atoms with E-state index in [1.54, 1.807) is 30.6 Å². The van der Waals surface area contributed by atoms with Crippen molar-refractivity contribution in [3.8, 4) is 17.2 Å². The summed E-state index contributed by atoms with van der Waals surface area (Å²) in [6.07, 6.45) is 4.06. The number of hydrogen-bond donors (Lipinski definition) is 3. The normalized spacial score (nSPS) is 11.5. The van der Waals surface area contributed by atoms with Crippen molar-refractivity contribution in [3.05, 3.63) is 137 Å². The van der Waals surface area contributed by atoms with Crippen LogP contribution in [0.25, 0.3) is 10.8 Å². The number of carboxylic acids is 1. The fourth-order valence-electron chi connectivity index (χ4n) is 4.49. The van der Waals surface area contributed by atoms with Crippen LogP contribution in [0.4, 0.5) is 0 Å². The molecule has 0 heterocycles. The Morgan fingerprint density at radius 2 is 1.42 bits per heavy atom. The second kappa shape index (κ2) is 17.4.